The Kier molecular flexibility index (Phi) is 28.7. The summed E-state index contributed by atoms with van der Waals surface area (Å²) in [6.45, 7) is 4.31. The van der Waals surface area contributed by atoms with Crippen LogP contribution in [0.3, 0.4) is 0 Å². The number of carbonyl (C=O) groups excluding carboxylic acids is 1. The molecular formula is C38H67N2O6P. The molecule has 1 amide bonds. The number of quaternary nitrogens is 1. The van der Waals surface area contributed by atoms with Gasteiger partial charge in [-0.2, -0.15) is 0 Å². The molecule has 3 atom stereocenters. The van der Waals surface area contributed by atoms with Crippen molar-refractivity contribution in [3.63, 3.8) is 0 Å². The Morgan fingerprint density at radius 2 is 1.26 bits per heavy atom. The molecule has 0 aliphatic rings. The Morgan fingerprint density at radius 3 is 1.89 bits per heavy atom. The summed E-state index contributed by atoms with van der Waals surface area (Å²) in [5, 5.41) is 13.6. The molecule has 0 heterocycles. The van der Waals surface area contributed by atoms with Crippen molar-refractivity contribution in [3.05, 3.63) is 72.9 Å². The third-order valence-electron chi connectivity index (χ3n) is 7.14. The van der Waals surface area contributed by atoms with Gasteiger partial charge in [-0.05, 0) is 70.6 Å². The van der Waals surface area contributed by atoms with Gasteiger partial charge in [0.05, 0.1) is 39.9 Å². The van der Waals surface area contributed by atoms with E-state index in [0.29, 0.717) is 17.4 Å². The van der Waals surface area contributed by atoms with E-state index < -0.39 is 26.6 Å². The van der Waals surface area contributed by atoms with Crippen LogP contribution in [0, 0.1) is 0 Å². The van der Waals surface area contributed by atoms with Gasteiger partial charge in [-0.15, -0.1) is 0 Å². The second-order valence-electron chi connectivity index (χ2n) is 12.8. The lowest BCUT2D eigenvalue weighted by atomic mass is 10.1. The van der Waals surface area contributed by atoms with E-state index in [0.717, 1.165) is 89.9 Å². The third-order valence-corrected chi connectivity index (χ3v) is 8.10. The number of amides is 1. The number of hydrogen-bond acceptors (Lipinski definition) is 6. The minimum Gasteiger partial charge on any atom is -0.756 e. The van der Waals surface area contributed by atoms with E-state index in [9.17, 15) is 19.4 Å². The zero-order valence-electron chi connectivity index (χ0n) is 30.2. The molecule has 0 bridgehead atoms. The Labute approximate surface area is 287 Å². The molecule has 3 unspecified atom stereocenters. The molecular weight excluding hydrogens is 611 g/mol. The highest BCUT2D eigenvalue weighted by Crippen LogP contribution is 2.38. The van der Waals surface area contributed by atoms with Gasteiger partial charge >= 0.3 is 0 Å². The molecule has 0 radical (unpaired) electrons. The topological polar surface area (TPSA) is 108 Å². The molecule has 47 heavy (non-hydrogen) atoms. The predicted molar refractivity (Wildman–Crippen MR) is 196 cm³/mol. The van der Waals surface area contributed by atoms with E-state index in [-0.39, 0.29) is 12.5 Å². The van der Waals surface area contributed by atoms with Crippen LogP contribution in [-0.4, -0.2) is 68.5 Å². The van der Waals surface area contributed by atoms with Crippen molar-refractivity contribution in [3.8, 4) is 0 Å². The Morgan fingerprint density at radius 1 is 0.745 bits per heavy atom. The van der Waals surface area contributed by atoms with Crippen LogP contribution in [0.25, 0.3) is 0 Å². The van der Waals surface area contributed by atoms with E-state index >= 15 is 0 Å². The summed E-state index contributed by atoms with van der Waals surface area (Å²) in [6, 6.07) is -0.918. The van der Waals surface area contributed by atoms with Crippen LogP contribution in [0.2, 0.25) is 0 Å². The minimum absolute atomic E-state index is 0.0169. The summed E-state index contributed by atoms with van der Waals surface area (Å²) in [5.41, 5.74) is 0. The van der Waals surface area contributed by atoms with Gasteiger partial charge < -0.3 is 28.8 Å². The summed E-state index contributed by atoms with van der Waals surface area (Å²) >= 11 is 0. The van der Waals surface area contributed by atoms with Crippen LogP contribution in [0.1, 0.15) is 110 Å². The first-order valence-corrected chi connectivity index (χ1v) is 19.3. The van der Waals surface area contributed by atoms with Crippen molar-refractivity contribution in [2.24, 2.45) is 0 Å². The molecule has 0 saturated heterocycles. The smallest absolute Gasteiger partial charge is 0.268 e. The number of carbonyl (C=O) groups is 1. The lowest BCUT2D eigenvalue weighted by Gasteiger charge is -2.29. The number of nitrogens with one attached hydrogen (secondary N) is 1. The fourth-order valence-corrected chi connectivity index (χ4v) is 5.04. The maximum absolute atomic E-state index is 12.7. The van der Waals surface area contributed by atoms with Crippen LogP contribution in [-0.2, 0) is 18.4 Å². The van der Waals surface area contributed by atoms with Crippen molar-refractivity contribution in [2.45, 2.75) is 122 Å². The zero-order valence-corrected chi connectivity index (χ0v) is 31.1. The maximum Gasteiger partial charge on any atom is 0.268 e. The highest BCUT2D eigenvalue weighted by atomic mass is 31.2. The van der Waals surface area contributed by atoms with Crippen LogP contribution < -0.4 is 10.2 Å². The minimum atomic E-state index is -4.59. The second kappa shape index (κ2) is 30.0. The Hall–Kier alpha value is -2.06. The largest absolute Gasteiger partial charge is 0.756 e. The Bertz CT molecular complexity index is 997. The normalized spacial score (nSPS) is 15.6. The van der Waals surface area contributed by atoms with E-state index in [1.165, 1.54) is 0 Å². The molecule has 2 N–H and O–H groups in total. The highest BCUT2D eigenvalue weighted by molar-refractivity contribution is 7.45. The van der Waals surface area contributed by atoms with Crippen molar-refractivity contribution < 1.29 is 32.9 Å². The number of unbranched alkanes of at least 4 members (excludes halogenated alkanes) is 7. The predicted octanol–water partition coefficient (Wildman–Crippen LogP) is 8.27. The van der Waals surface area contributed by atoms with Gasteiger partial charge in [-0.3, -0.25) is 9.36 Å². The molecule has 9 heteroatoms. The maximum atomic E-state index is 12.7. The molecule has 0 saturated carbocycles. The molecule has 0 aromatic carbocycles. The number of likely N-dealkylation sites (N-methyl/N-ethyl adjacent to an activating group) is 1. The highest BCUT2D eigenvalue weighted by Gasteiger charge is 2.23. The van der Waals surface area contributed by atoms with Gasteiger partial charge in [0, 0.05) is 6.42 Å². The van der Waals surface area contributed by atoms with Gasteiger partial charge in [0.2, 0.25) is 5.91 Å². The Balaban J connectivity index is 4.64. The molecule has 270 valence electrons. The number of phosphoric ester groups is 1. The number of allylic oxidation sites excluding steroid dienone is 11. The first-order chi connectivity index (χ1) is 22.5. The van der Waals surface area contributed by atoms with E-state index in [4.69, 9.17) is 9.05 Å². The second-order valence-corrected chi connectivity index (χ2v) is 14.2. The average molecular weight is 679 g/mol. The van der Waals surface area contributed by atoms with Gasteiger partial charge in [0.15, 0.2) is 0 Å². The van der Waals surface area contributed by atoms with Crippen molar-refractivity contribution in [1.82, 2.24) is 5.32 Å². The van der Waals surface area contributed by atoms with E-state index in [1.54, 1.807) is 6.08 Å². The van der Waals surface area contributed by atoms with E-state index in [1.807, 2.05) is 27.2 Å². The molecule has 0 aromatic rings. The fraction of sp³-hybridized carbons (Fsp3) is 0.658. The van der Waals surface area contributed by atoms with Crippen LogP contribution in [0.5, 0.6) is 0 Å². The summed E-state index contributed by atoms with van der Waals surface area (Å²) < 4.78 is 23.0. The standard InChI is InChI=1S/C38H67N2O6P/c1-6-8-10-12-14-16-18-19-20-21-22-24-26-28-30-32-38(42)39-36(35-46-47(43,44)45-34-33-40(3,4)5)37(41)31-29-27-25-23-17-15-13-11-9-7-2/h8-11,14,16-17,19-20,23,29,31,36-37,41H,6-7,12-13,15,18,21-22,24-28,30,32-35H2,1-5H3,(H-,39,42,43,44)/b10-8-,11-9+,16-14-,20-19-,23-17+,31-29+. The molecule has 0 aromatic heterocycles. The third kappa shape index (κ3) is 32.3. The van der Waals surface area contributed by atoms with Crippen molar-refractivity contribution in [1.29, 1.82) is 0 Å². The molecule has 0 fully saturated rings. The summed E-state index contributed by atoms with van der Waals surface area (Å²) in [4.78, 5) is 25.1. The monoisotopic (exact) mass is 678 g/mol. The molecule has 8 nitrogen and oxygen atoms in total. The van der Waals surface area contributed by atoms with Gasteiger partial charge in [0.1, 0.15) is 13.2 Å². The van der Waals surface area contributed by atoms with Crippen molar-refractivity contribution in [2.75, 3.05) is 40.9 Å². The first-order valence-electron chi connectivity index (χ1n) is 17.8. The number of aliphatic hydroxyl groups excluding tert-OH is 1. The lowest BCUT2D eigenvalue weighted by molar-refractivity contribution is -0.870. The molecule has 0 aliphatic heterocycles. The van der Waals surface area contributed by atoms with E-state index in [2.05, 4.69) is 79.9 Å². The zero-order chi connectivity index (χ0) is 35.1. The van der Waals surface area contributed by atoms with Crippen molar-refractivity contribution >= 4 is 13.7 Å². The van der Waals surface area contributed by atoms with Gasteiger partial charge in [0.25, 0.3) is 7.82 Å². The summed E-state index contributed by atoms with van der Waals surface area (Å²) in [7, 11) is 1.20. The molecule has 0 aliphatic carbocycles. The first kappa shape index (κ1) is 44.9. The van der Waals surface area contributed by atoms with Gasteiger partial charge in [-0.1, -0.05) is 106 Å². The summed E-state index contributed by atoms with van der Waals surface area (Å²) in [6.07, 6.45) is 38.1. The number of nitrogens with zero attached hydrogens (tertiary/aromatic N) is 1. The quantitative estimate of drug-likeness (QED) is 0.0343. The average Bonchev–Trinajstić information content (AvgIpc) is 3.01. The summed E-state index contributed by atoms with van der Waals surface area (Å²) in [5.74, 6) is -0.237. The van der Waals surface area contributed by atoms with Crippen LogP contribution in [0.4, 0.5) is 0 Å². The fourth-order valence-electron chi connectivity index (χ4n) is 4.32. The number of hydrogen-bond donors (Lipinski definition) is 2. The number of aliphatic hydroxyl groups is 1. The number of phosphoric acid groups is 1. The lowest BCUT2D eigenvalue weighted by Crippen LogP contribution is -2.45. The van der Waals surface area contributed by atoms with Gasteiger partial charge in [-0.25, -0.2) is 0 Å². The number of rotatable bonds is 30. The molecule has 0 rings (SSSR count). The van der Waals surface area contributed by atoms with Crippen LogP contribution >= 0.6 is 7.82 Å². The van der Waals surface area contributed by atoms with Crippen LogP contribution in [0.15, 0.2) is 72.9 Å². The SMILES string of the molecule is CC/C=C\C/C=C\C/C=C\CCCCCCCC(=O)NC(COP(=O)([O-])OCC[N+](C)(C)C)C(O)/C=C/CC/C=C/CC/C=C/CC. The molecule has 0 spiro atoms.